The molecule has 9 heteroatoms. The fourth-order valence-electron chi connectivity index (χ4n) is 2.58. The molecule has 1 aliphatic rings. The molecule has 1 heterocycles. The molecular weight excluding hydrogens is 358 g/mol. The first-order chi connectivity index (χ1) is 12.4. The van der Waals surface area contributed by atoms with E-state index in [2.05, 4.69) is 10.1 Å². The van der Waals surface area contributed by atoms with Crippen molar-refractivity contribution >= 4 is 28.0 Å². The Morgan fingerprint density at radius 2 is 1.88 bits per heavy atom. The van der Waals surface area contributed by atoms with Crippen molar-refractivity contribution in [3.05, 3.63) is 41.3 Å². The summed E-state index contributed by atoms with van der Waals surface area (Å²) in [5.41, 5.74) is 0.822. The molecular formula is C17H24N3O5S+. The van der Waals surface area contributed by atoms with Crippen molar-refractivity contribution in [1.82, 2.24) is 9.62 Å². The Labute approximate surface area is 153 Å². The van der Waals surface area contributed by atoms with Gasteiger partial charge in [-0.2, -0.15) is 4.31 Å². The van der Waals surface area contributed by atoms with E-state index in [1.165, 1.54) is 16.8 Å². The Balaban J connectivity index is 1.81. The van der Waals surface area contributed by atoms with E-state index >= 15 is 0 Å². The third-order valence-electron chi connectivity index (χ3n) is 4.09. The minimum absolute atomic E-state index is 0.159. The largest absolute Gasteiger partial charge is 0.468 e. The van der Waals surface area contributed by atoms with Gasteiger partial charge in [0, 0.05) is 5.41 Å². The summed E-state index contributed by atoms with van der Waals surface area (Å²) in [6, 6.07) is 9.23. The summed E-state index contributed by atoms with van der Waals surface area (Å²) in [4.78, 5) is 23.8. The molecule has 1 aromatic carbocycles. The fraction of sp³-hybridized carbons (Fsp3) is 0.412. The lowest BCUT2D eigenvalue weighted by Crippen LogP contribution is -3.15. The topological polar surface area (TPSA) is 97.2 Å². The predicted molar refractivity (Wildman–Crippen MR) is 96.6 cm³/mol. The van der Waals surface area contributed by atoms with E-state index in [4.69, 9.17) is 0 Å². The highest BCUT2D eigenvalue weighted by Crippen LogP contribution is 2.08. The van der Waals surface area contributed by atoms with E-state index in [0.717, 1.165) is 10.5 Å². The summed E-state index contributed by atoms with van der Waals surface area (Å²) in [5.74, 6) is -0.764. The van der Waals surface area contributed by atoms with E-state index in [9.17, 15) is 18.0 Å². The van der Waals surface area contributed by atoms with Crippen molar-refractivity contribution in [2.45, 2.75) is 0 Å². The normalized spacial score (nSPS) is 16.5. The molecule has 1 aromatic rings. The zero-order chi connectivity index (χ0) is 19.0. The highest BCUT2D eigenvalue weighted by atomic mass is 32.2. The van der Waals surface area contributed by atoms with Crippen LogP contribution in [0.5, 0.6) is 0 Å². The first kappa shape index (κ1) is 20.1. The number of carbonyl (C=O) groups is 2. The Morgan fingerprint density at radius 1 is 1.23 bits per heavy atom. The molecule has 0 atom stereocenters. The van der Waals surface area contributed by atoms with Crippen LogP contribution in [0.15, 0.2) is 35.7 Å². The molecule has 1 fully saturated rings. The first-order valence-corrected chi connectivity index (χ1v) is 9.81. The van der Waals surface area contributed by atoms with Crippen molar-refractivity contribution in [2.24, 2.45) is 0 Å². The Bertz CT molecular complexity index is 741. The van der Waals surface area contributed by atoms with Gasteiger partial charge in [-0.05, 0) is 11.6 Å². The third-order valence-corrected chi connectivity index (χ3v) is 5.65. The van der Waals surface area contributed by atoms with Gasteiger partial charge in [-0.25, -0.2) is 8.42 Å². The summed E-state index contributed by atoms with van der Waals surface area (Å²) in [6.07, 6.45) is 1.58. The standard InChI is InChI=1S/C17H23N3O5S/c1-25-17(22)13-18-16(21)14-19-8-10-20(11-9-19)26(23,24)12-7-15-5-3-2-4-6-15/h2-7,12H,8-11,13-14H2,1H3,(H,18,21)/p+1/b12-7+. The number of carbonyl (C=O) groups excluding carboxylic acids is 2. The molecule has 0 aromatic heterocycles. The summed E-state index contributed by atoms with van der Waals surface area (Å²) in [5, 5.41) is 3.70. The van der Waals surface area contributed by atoms with Crippen LogP contribution in [0.25, 0.3) is 6.08 Å². The molecule has 0 spiro atoms. The number of nitrogens with one attached hydrogen (secondary N) is 2. The van der Waals surface area contributed by atoms with E-state index < -0.39 is 16.0 Å². The van der Waals surface area contributed by atoms with Crippen LogP contribution in [0.3, 0.4) is 0 Å². The SMILES string of the molecule is COC(=O)CNC(=O)C[NH+]1CCN(S(=O)(=O)/C=C/c2ccccc2)CC1. The zero-order valence-electron chi connectivity index (χ0n) is 14.7. The molecule has 1 aliphatic heterocycles. The Morgan fingerprint density at radius 3 is 2.50 bits per heavy atom. The van der Waals surface area contributed by atoms with Gasteiger partial charge in [0.05, 0.1) is 33.3 Å². The molecule has 0 unspecified atom stereocenters. The van der Waals surface area contributed by atoms with Gasteiger partial charge in [0.1, 0.15) is 6.54 Å². The Hall–Kier alpha value is -2.23. The van der Waals surface area contributed by atoms with Crippen LogP contribution in [0.2, 0.25) is 0 Å². The molecule has 26 heavy (non-hydrogen) atoms. The number of methoxy groups -OCH3 is 1. The summed E-state index contributed by atoms with van der Waals surface area (Å²) in [6.45, 7) is 1.80. The molecule has 2 rings (SSSR count). The second-order valence-corrected chi connectivity index (χ2v) is 7.76. The summed E-state index contributed by atoms with van der Waals surface area (Å²) >= 11 is 0. The number of sulfonamides is 1. The van der Waals surface area contributed by atoms with Crippen molar-refractivity contribution in [3.8, 4) is 0 Å². The van der Waals surface area contributed by atoms with Crippen molar-refractivity contribution in [3.63, 3.8) is 0 Å². The quantitative estimate of drug-likeness (QED) is 0.558. The Kier molecular flexibility index (Phi) is 7.31. The van der Waals surface area contributed by atoms with Gasteiger partial charge in [0.2, 0.25) is 10.0 Å². The molecule has 0 radical (unpaired) electrons. The van der Waals surface area contributed by atoms with Crippen LogP contribution in [-0.4, -0.2) is 71.0 Å². The highest BCUT2D eigenvalue weighted by molar-refractivity contribution is 7.92. The van der Waals surface area contributed by atoms with E-state index in [-0.39, 0.29) is 19.0 Å². The highest BCUT2D eigenvalue weighted by Gasteiger charge is 2.28. The number of esters is 1. The van der Waals surface area contributed by atoms with Crippen molar-refractivity contribution in [1.29, 1.82) is 0 Å². The van der Waals surface area contributed by atoms with Gasteiger partial charge in [0.15, 0.2) is 6.54 Å². The zero-order valence-corrected chi connectivity index (χ0v) is 15.5. The van der Waals surface area contributed by atoms with E-state index in [1.54, 1.807) is 6.08 Å². The molecule has 0 aliphatic carbocycles. The van der Waals surface area contributed by atoms with Gasteiger partial charge < -0.3 is 15.0 Å². The lowest BCUT2D eigenvalue weighted by molar-refractivity contribution is -0.895. The number of hydrogen-bond acceptors (Lipinski definition) is 5. The predicted octanol–water partition coefficient (Wildman–Crippen LogP) is -1.52. The van der Waals surface area contributed by atoms with Crippen molar-refractivity contribution < 1.29 is 27.6 Å². The lowest BCUT2D eigenvalue weighted by Gasteiger charge is -2.30. The number of hydrogen-bond donors (Lipinski definition) is 2. The number of nitrogens with zero attached hydrogens (tertiary/aromatic N) is 1. The second kappa shape index (κ2) is 9.46. The maximum Gasteiger partial charge on any atom is 0.325 e. The smallest absolute Gasteiger partial charge is 0.325 e. The van der Waals surface area contributed by atoms with Gasteiger partial charge in [-0.3, -0.25) is 9.59 Å². The number of rotatable bonds is 7. The van der Waals surface area contributed by atoms with Crippen LogP contribution >= 0.6 is 0 Å². The van der Waals surface area contributed by atoms with Crippen LogP contribution in [0.4, 0.5) is 0 Å². The maximum absolute atomic E-state index is 12.4. The van der Waals surface area contributed by atoms with Gasteiger partial charge in [-0.15, -0.1) is 0 Å². The monoisotopic (exact) mass is 382 g/mol. The molecule has 8 nitrogen and oxygen atoms in total. The molecule has 1 saturated heterocycles. The third kappa shape index (κ3) is 6.25. The number of benzene rings is 1. The lowest BCUT2D eigenvalue weighted by atomic mass is 10.2. The number of amides is 1. The molecule has 2 N–H and O–H groups in total. The molecule has 0 saturated carbocycles. The molecule has 142 valence electrons. The van der Waals surface area contributed by atoms with Gasteiger partial charge in [0.25, 0.3) is 5.91 Å². The van der Waals surface area contributed by atoms with Gasteiger partial charge >= 0.3 is 5.97 Å². The van der Waals surface area contributed by atoms with Crippen LogP contribution in [-0.2, 0) is 24.3 Å². The van der Waals surface area contributed by atoms with E-state index in [0.29, 0.717) is 26.2 Å². The summed E-state index contributed by atoms with van der Waals surface area (Å²) in [7, 11) is -2.22. The number of quaternary nitrogens is 1. The van der Waals surface area contributed by atoms with Gasteiger partial charge in [-0.1, -0.05) is 30.3 Å². The molecule has 0 bridgehead atoms. The second-order valence-electron chi connectivity index (χ2n) is 5.94. The summed E-state index contributed by atoms with van der Waals surface area (Å²) < 4.78 is 30.7. The maximum atomic E-state index is 12.4. The fourth-order valence-corrected chi connectivity index (χ4v) is 3.77. The minimum Gasteiger partial charge on any atom is -0.468 e. The van der Waals surface area contributed by atoms with Crippen molar-refractivity contribution in [2.75, 3.05) is 46.4 Å². The van der Waals surface area contributed by atoms with E-state index in [1.807, 2.05) is 30.3 Å². The number of piperazine rings is 1. The van der Waals surface area contributed by atoms with Crippen LogP contribution in [0, 0.1) is 0 Å². The number of ether oxygens (including phenoxy) is 1. The van der Waals surface area contributed by atoms with Crippen LogP contribution < -0.4 is 10.2 Å². The average molecular weight is 382 g/mol. The van der Waals surface area contributed by atoms with Crippen LogP contribution in [0.1, 0.15) is 5.56 Å². The minimum atomic E-state index is -3.48. The first-order valence-electron chi connectivity index (χ1n) is 8.31. The molecule has 1 amide bonds. The average Bonchev–Trinajstić information content (AvgIpc) is 2.66.